The molecule has 0 radical (unpaired) electrons. The van der Waals surface area contributed by atoms with E-state index >= 15 is 0 Å². The molecule has 2 rings (SSSR count). The van der Waals surface area contributed by atoms with Crippen molar-refractivity contribution in [3.63, 3.8) is 0 Å². The lowest BCUT2D eigenvalue weighted by atomic mass is 10.0. The zero-order valence-electron chi connectivity index (χ0n) is 13.8. The number of ether oxygens (including phenoxy) is 2. The first-order chi connectivity index (χ1) is 11.2. The summed E-state index contributed by atoms with van der Waals surface area (Å²) >= 11 is 0. The molecular weight excluding hydrogens is 328 g/mol. The van der Waals surface area contributed by atoms with E-state index in [2.05, 4.69) is 5.32 Å². The highest BCUT2D eigenvalue weighted by Crippen LogP contribution is 2.30. The van der Waals surface area contributed by atoms with Crippen LogP contribution in [0.1, 0.15) is 23.6 Å². The molecule has 0 aliphatic heterocycles. The highest BCUT2D eigenvalue weighted by molar-refractivity contribution is 5.85. The third-order valence-electron chi connectivity index (χ3n) is 3.59. The van der Waals surface area contributed by atoms with Crippen LogP contribution >= 0.6 is 12.4 Å². The molecule has 1 atom stereocenters. The average molecular weight is 351 g/mol. The first-order valence-corrected chi connectivity index (χ1v) is 7.42. The predicted octanol–water partition coefficient (Wildman–Crippen LogP) is 2.83. The van der Waals surface area contributed by atoms with Crippen molar-refractivity contribution in [1.82, 2.24) is 5.32 Å². The van der Waals surface area contributed by atoms with Gasteiger partial charge in [-0.2, -0.15) is 0 Å². The van der Waals surface area contributed by atoms with Gasteiger partial charge in [0.05, 0.1) is 14.2 Å². The quantitative estimate of drug-likeness (QED) is 0.805. The van der Waals surface area contributed by atoms with Crippen LogP contribution in [0.2, 0.25) is 0 Å². The molecule has 5 nitrogen and oxygen atoms in total. The summed E-state index contributed by atoms with van der Waals surface area (Å²) in [6.45, 7) is 0.362. The number of carbonyl (C=O) groups is 1. The Morgan fingerprint density at radius 1 is 1.08 bits per heavy atom. The minimum Gasteiger partial charge on any atom is -0.493 e. The van der Waals surface area contributed by atoms with E-state index < -0.39 is 0 Å². The molecule has 24 heavy (non-hydrogen) atoms. The van der Waals surface area contributed by atoms with E-state index in [0.29, 0.717) is 18.0 Å². The highest BCUT2D eigenvalue weighted by atomic mass is 35.5. The normalized spacial score (nSPS) is 11.1. The Balaban J connectivity index is 0.00000288. The van der Waals surface area contributed by atoms with Crippen molar-refractivity contribution in [1.29, 1.82) is 0 Å². The standard InChI is InChI=1S/C18H22N2O3.ClH/c1-22-16-10-6-9-14(18(16)23-2)12-20-17(21)11-15(19)13-7-4-3-5-8-13;/h3-10,15H,11-12,19H2,1-2H3,(H,20,21);1H. The van der Waals surface area contributed by atoms with E-state index in [9.17, 15) is 4.79 Å². The lowest BCUT2D eigenvalue weighted by Crippen LogP contribution is -2.27. The second-order valence-electron chi connectivity index (χ2n) is 5.15. The fraction of sp³-hybridized carbons (Fsp3) is 0.278. The topological polar surface area (TPSA) is 73.6 Å². The van der Waals surface area contributed by atoms with Gasteiger partial charge in [-0.1, -0.05) is 42.5 Å². The third kappa shape index (κ3) is 5.15. The zero-order valence-corrected chi connectivity index (χ0v) is 14.6. The van der Waals surface area contributed by atoms with Crippen LogP contribution in [0.3, 0.4) is 0 Å². The van der Waals surface area contributed by atoms with Crippen molar-refractivity contribution in [2.45, 2.75) is 19.0 Å². The van der Waals surface area contributed by atoms with Gasteiger partial charge in [0.2, 0.25) is 5.91 Å². The van der Waals surface area contributed by atoms with E-state index in [1.54, 1.807) is 14.2 Å². The molecule has 0 fully saturated rings. The number of amides is 1. The Labute approximate surface area is 148 Å². The minimum atomic E-state index is -0.316. The summed E-state index contributed by atoms with van der Waals surface area (Å²) in [6, 6.07) is 14.8. The SMILES string of the molecule is COc1cccc(CNC(=O)CC(N)c2ccccc2)c1OC.Cl. The van der Waals surface area contributed by atoms with Crippen LogP contribution in [0.5, 0.6) is 11.5 Å². The number of hydrogen-bond donors (Lipinski definition) is 2. The summed E-state index contributed by atoms with van der Waals surface area (Å²) in [6.07, 6.45) is 0.232. The predicted molar refractivity (Wildman–Crippen MR) is 96.6 cm³/mol. The number of nitrogens with two attached hydrogens (primary N) is 1. The monoisotopic (exact) mass is 350 g/mol. The molecule has 2 aromatic rings. The van der Waals surface area contributed by atoms with Crippen LogP contribution in [0.4, 0.5) is 0 Å². The van der Waals surface area contributed by atoms with Crippen LogP contribution in [-0.2, 0) is 11.3 Å². The number of para-hydroxylation sites is 1. The molecule has 2 aromatic carbocycles. The average Bonchev–Trinajstić information content (AvgIpc) is 2.60. The summed E-state index contributed by atoms with van der Waals surface area (Å²) in [5, 5.41) is 2.87. The molecule has 1 unspecified atom stereocenters. The second kappa shape index (κ2) is 9.80. The molecule has 6 heteroatoms. The molecule has 0 saturated carbocycles. The van der Waals surface area contributed by atoms with Crippen LogP contribution < -0.4 is 20.5 Å². The van der Waals surface area contributed by atoms with Gasteiger partial charge in [-0.15, -0.1) is 12.4 Å². The smallest absolute Gasteiger partial charge is 0.222 e. The summed E-state index contributed by atoms with van der Waals surface area (Å²) in [5.41, 5.74) is 7.86. The van der Waals surface area contributed by atoms with Crippen molar-refractivity contribution in [3.8, 4) is 11.5 Å². The van der Waals surface area contributed by atoms with Crippen LogP contribution in [0.15, 0.2) is 48.5 Å². The lowest BCUT2D eigenvalue weighted by molar-refractivity contribution is -0.121. The van der Waals surface area contributed by atoms with E-state index in [-0.39, 0.29) is 30.8 Å². The summed E-state index contributed by atoms with van der Waals surface area (Å²) in [5.74, 6) is 1.16. The molecule has 0 heterocycles. The van der Waals surface area contributed by atoms with Gasteiger partial charge in [-0.3, -0.25) is 4.79 Å². The van der Waals surface area contributed by atoms with Crippen molar-refractivity contribution < 1.29 is 14.3 Å². The Morgan fingerprint density at radius 2 is 1.79 bits per heavy atom. The minimum absolute atomic E-state index is 0. The molecule has 3 N–H and O–H groups in total. The maximum atomic E-state index is 12.1. The van der Waals surface area contributed by atoms with Crippen LogP contribution in [0, 0.1) is 0 Å². The fourth-order valence-electron chi connectivity index (χ4n) is 2.38. The highest BCUT2D eigenvalue weighted by Gasteiger charge is 2.13. The molecule has 0 saturated heterocycles. The Kier molecular flexibility index (Phi) is 8.09. The first kappa shape index (κ1) is 19.8. The molecule has 1 amide bonds. The van der Waals surface area contributed by atoms with Gasteiger partial charge in [-0.25, -0.2) is 0 Å². The summed E-state index contributed by atoms with van der Waals surface area (Å²) in [7, 11) is 3.16. The number of carbonyl (C=O) groups excluding carboxylic acids is 1. The number of nitrogens with one attached hydrogen (secondary N) is 1. The number of hydrogen-bond acceptors (Lipinski definition) is 4. The number of benzene rings is 2. The molecule has 0 aromatic heterocycles. The van der Waals surface area contributed by atoms with Crippen molar-refractivity contribution >= 4 is 18.3 Å². The Hall–Kier alpha value is -2.24. The van der Waals surface area contributed by atoms with E-state index in [4.69, 9.17) is 15.2 Å². The Bertz CT molecular complexity index is 650. The van der Waals surface area contributed by atoms with Crippen LogP contribution in [0.25, 0.3) is 0 Å². The Morgan fingerprint density at radius 3 is 2.42 bits per heavy atom. The van der Waals surface area contributed by atoms with Gasteiger partial charge < -0.3 is 20.5 Å². The fourth-order valence-corrected chi connectivity index (χ4v) is 2.38. The number of rotatable bonds is 7. The molecular formula is C18H23ClN2O3. The van der Waals surface area contributed by atoms with Crippen LogP contribution in [-0.4, -0.2) is 20.1 Å². The van der Waals surface area contributed by atoms with Crippen molar-refractivity contribution in [2.24, 2.45) is 5.73 Å². The first-order valence-electron chi connectivity index (χ1n) is 7.42. The summed E-state index contributed by atoms with van der Waals surface area (Å²) < 4.78 is 10.6. The van der Waals surface area contributed by atoms with Crippen molar-refractivity contribution in [3.05, 3.63) is 59.7 Å². The maximum absolute atomic E-state index is 12.1. The molecule has 0 bridgehead atoms. The van der Waals surface area contributed by atoms with Gasteiger partial charge >= 0.3 is 0 Å². The van der Waals surface area contributed by atoms with Gasteiger partial charge in [0.15, 0.2) is 11.5 Å². The third-order valence-corrected chi connectivity index (χ3v) is 3.59. The van der Waals surface area contributed by atoms with Gasteiger partial charge in [0, 0.05) is 24.6 Å². The maximum Gasteiger partial charge on any atom is 0.222 e. The largest absolute Gasteiger partial charge is 0.493 e. The van der Waals surface area contributed by atoms with Crippen molar-refractivity contribution in [2.75, 3.05) is 14.2 Å². The molecule has 0 spiro atoms. The number of methoxy groups -OCH3 is 2. The number of halogens is 1. The van der Waals surface area contributed by atoms with Gasteiger partial charge in [-0.05, 0) is 11.6 Å². The zero-order chi connectivity index (χ0) is 16.7. The van der Waals surface area contributed by atoms with E-state index in [1.165, 1.54) is 0 Å². The summed E-state index contributed by atoms with van der Waals surface area (Å²) in [4.78, 5) is 12.1. The molecule has 0 aliphatic rings. The van der Waals surface area contributed by atoms with E-state index in [0.717, 1.165) is 11.1 Å². The molecule has 130 valence electrons. The van der Waals surface area contributed by atoms with Gasteiger partial charge in [0.1, 0.15) is 0 Å². The second-order valence-corrected chi connectivity index (χ2v) is 5.15. The molecule has 0 aliphatic carbocycles. The van der Waals surface area contributed by atoms with E-state index in [1.807, 2.05) is 48.5 Å². The van der Waals surface area contributed by atoms with Gasteiger partial charge in [0.25, 0.3) is 0 Å². The lowest BCUT2D eigenvalue weighted by Gasteiger charge is -2.15.